The van der Waals surface area contributed by atoms with Crippen LogP contribution in [0.1, 0.15) is 16.3 Å². The Morgan fingerprint density at radius 2 is 2.19 bits per heavy atom. The molecule has 0 fully saturated rings. The maximum atomic E-state index is 13.0. The van der Waals surface area contributed by atoms with Gasteiger partial charge >= 0.3 is 0 Å². The normalized spacial score (nSPS) is 10.4. The Morgan fingerprint density at radius 3 is 2.88 bits per heavy atom. The monoisotopic (exact) mass is 236 g/mol. The van der Waals surface area contributed by atoms with Crippen LogP contribution in [0.25, 0.3) is 0 Å². The summed E-state index contributed by atoms with van der Waals surface area (Å²) in [6, 6.07) is 4.74. The molecule has 0 amide bonds. The van der Waals surface area contributed by atoms with Crippen LogP contribution < -0.4 is 5.32 Å². The van der Waals surface area contributed by atoms with Crippen LogP contribution in [0.3, 0.4) is 0 Å². The first-order valence-corrected chi connectivity index (χ1v) is 5.94. The van der Waals surface area contributed by atoms with Crippen LogP contribution in [0, 0.1) is 19.7 Å². The zero-order valence-corrected chi connectivity index (χ0v) is 10.1. The third-order valence-electron chi connectivity index (χ3n) is 2.33. The number of halogens is 1. The molecule has 0 bridgehead atoms. The van der Waals surface area contributed by atoms with Gasteiger partial charge in [0.1, 0.15) is 5.82 Å². The van der Waals surface area contributed by atoms with E-state index < -0.39 is 0 Å². The summed E-state index contributed by atoms with van der Waals surface area (Å²) in [5.74, 6) is -0.220. The molecule has 0 aliphatic carbocycles. The fraction of sp³-hybridized carbons (Fsp3) is 0.250. The first-order valence-electron chi connectivity index (χ1n) is 5.06. The minimum absolute atomic E-state index is 0.220. The minimum Gasteiger partial charge on any atom is -0.379 e. The molecule has 2 nitrogen and oxygen atoms in total. The molecular formula is C12H13FN2S. The Bertz CT molecular complexity index is 494. The molecular weight excluding hydrogens is 223 g/mol. The van der Waals surface area contributed by atoms with Gasteiger partial charge in [0.05, 0.1) is 17.2 Å². The molecule has 0 aliphatic rings. The van der Waals surface area contributed by atoms with Gasteiger partial charge in [0.15, 0.2) is 0 Å². The predicted molar refractivity (Wildman–Crippen MR) is 65.3 cm³/mol. The van der Waals surface area contributed by atoms with E-state index in [1.54, 1.807) is 17.4 Å². The minimum atomic E-state index is -0.220. The van der Waals surface area contributed by atoms with E-state index in [2.05, 4.69) is 10.3 Å². The largest absolute Gasteiger partial charge is 0.379 e. The summed E-state index contributed by atoms with van der Waals surface area (Å²) >= 11 is 1.62. The average Bonchev–Trinajstić information content (AvgIpc) is 2.66. The van der Waals surface area contributed by atoms with Crippen molar-refractivity contribution in [3.8, 4) is 0 Å². The second-order valence-corrected chi connectivity index (χ2v) is 4.73. The van der Waals surface area contributed by atoms with E-state index in [0.717, 1.165) is 22.0 Å². The molecule has 16 heavy (non-hydrogen) atoms. The molecule has 0 saturated carbocycles. The van der Waals surface area contributed by atoms with Gasteiger partial charge < -0.3 is 5.32 Å². The lowest BCUT2D eigenvalue weighted by molar-refractivity contribution is 0.628. The standard InChI is InChI=1S/C12H13FN2S/c1-8-3-4-10(13)5-12(8)14-6-11-7-16-9(2)15-11/h3-5,7,14H,6H2,1-2H3. The third kappa shape index (κ3) is 2.58. The number of aromatic nitrogens is 1. The summed E-state index contributed by atoms with van der Waals surface area (Å²) in [4.78, 5) is 4.34. The Kier molecular flexibility index (Phi) is 3.19. The third-order valence-corrected chi connectivity index (χ3v) is 3.15. The molecule has 0 atom stereocenters. The summed E-state index contributed by atoms with van der Waals surface area (Å²) in [5, 5.41) is 6.25. The number of benzene rings is 1. The molecule has 1 N–H and O–H groups in total. The summed E-state index contributed by atoms with van der Waals surface area (Å²) < 4.78 is 13.0. The van der Waals surface area contributed by atoms with E-state index in [-0.39, 0.29) is 5.82 Å². The highest BCUT2D eigenvalue weighted by Gasteiger charge is 2.02. The highest BCUT2D eigenvalue weighted by Crippen LogP contribution is 2.17. The van der Waals surface area contributed by atoms with Gasteiger partial charge in [-0.2, -0.15) is 0 Å². The number of thiazole rings is 1. The maximum absolute atomic E-state index is 13.0. The van der Waals surface area contributed by atoms with Gasteiger partial charge in [-0.15, -0.1) is 11.3 Å². The van der Waals surface area contributed by atoms with Crippen molar-refractivity contribution in [2.75, 3.05) is 5.32 Å². The van der Waals surface area contributed by atoms with Gasteiger partial charge in [-0.1, -0.05) is 6.07 Å². The van der Waals surface area contributed by atoms with Crippen molar-refractivity contribution >= 4 is 17.0 Å². The number of nitrogens with zero attached hydrogens (tertiary/aromatic N) is 1. The van der Waals surface area contributed by atoms with Crippen LogP contribution in [-0.2, 0) is 6.54 Å². The van der Waals surface area contributed by atoms with E-state index in [1.807, 2.05) is 19.2 Å². The van der Waals surface area contributed by atoms with Crippen molar-refractivity contribution in [3.05, 3.63) is 45.7 Å². The van der Waals surface area contributed by atoms with Gasteiger partial charge in [0, 0.05) is 11.1 Å². The molecule has 4 heteroatoms. The molecule has 2 rings (SSSR count). The molecule has 0 unspecified atom stereocenters. The van der Waals surface area contributed by atoms with E-state index >= 15 is 0 Å². The SMILES string of the molecule is Cc1nc(CNc2cc(F)ccc2C)cs1. The Morgan fingerprint density at radius 1 is 1.38 bits per heavy atom. The Labute approximate surface area is 98.2 Å². The van der Waals surface area contributed by atoms with Crippen LogP contribution >= 0.6 is 11.3 Å². The Balaban J connectivity index is 2.07. The fourth-order valence-electron chi connectivity index (χ4n) is 1.46. The number of aryl methyl sites for hydroxylation is 2. The van der Waals surface area contributed by atoms with Crippen molar-refractivity contribution in [1.82, 2.24) is 4.98 Å². The first kappa shape index (κ1) is 11.1. The smallest absolute Gasteiger partial charge is 0.125 e. The summed E-state index contributed by atoms with van der Waals surface area (Å²) in [6.07, 6.45) is 0. The molecule has 1 aromatic carbocycles. The lowest BCUT2D eigenvalue weighted by Crippen LogP contribution is -2.01. The van der Waals surface area contributed by atoms with Crippen molar-refractivity contribution in [1.29, 1.82) is 0 Å². The Hall–Kier alpha value is -1.42. The van der Waals surface area contributed by atoms with Gasteiger partial charge in [-0.3, -0.25) is 0 Å². The summed E-state index contributed by atoms with van der Waals surface area (Å²) in [5.41, 5.74) is 2.85. The van der Waals surface area contributed by atoms with Crippen LogP contribution in [-0.4, -0.2) is 4.98 Å². The second-order valence-electron chi connectivity index (χ2n) is 3.67. The quantitative estimate of drug-likeness (QED) is 0.882. The van der Waals surface area contributed by atoms with Crippen LogP contribution in [0.15, 0.2) is 23.6 Å². The number of hydrogen-bond acceptors (Lipinski definition) is 3. The number of rotatable bonds is 3. The maximum Gasteiger partial charge on any atom is 0.125 e. The first-order chi connectivity index (χ1) is 7.65. The zero-order chi connectivity index (χ0) is 11.5. The van der Waals surface area contributed by atoms with E-state index in [9.17, 15) is 4.39 Å². The van der Waals surface area contributed by atoms with Crippen molar-refractivity contribution in [3.63, 3.8) is 0 Å². The molecule has 84 valence electrons. The molecule has 1 aromatic heterocycles. The van der Waals surface area contributed by atoms with Crippen molar-refractivity contribution in [2.24, 2.45) is 0 Å². The van der Waals surface area contributed by atoms with Gasteiger partial charge in [-0.25, -0.2) is 9.37 Å². The van der Waals surface area contributed by atoms with E-state index in [1.165, 1.54) is 12.1 Å². The average molecular weight is 236 g/mol. The van der Waals surface area contributed by atoms with Crippen molar-refractivity contribution in [2.45, 2.75) is 20.4 Å². The predicted octanol–water partition coefficient (Wildman–Crippen LogP) is 3.51. The molecule has 2 aromatic rings. The lowest BCUT2D eigenvalue weighted by Gasteiger charge is -2.07. The second kappa shape index (κ2) is 4.61. The highest BCUT2D eigenvalue weighted by atomic mass is 32.1. The zero-order valence-electron chi connectivity index (χ0n) is 9.25. The van der Waals surface area contributed by atoms with Crippen LogP contribution in [0.2, 0.25) is 0 Å². The van der Waals surface area contributed by atoms with Gasteiger partial charge in [-0.05, 0) is 31.5 Å². The van der Waals surface area contributed by atoms with E-state index in [4.69, 9.17) is 0 Å². The molecule has 0 aliphatic heterocycles. The van der Waals surface area contributed by atoms with Crippen LogP contribution in [0.5, 0.6) is 0 Å². The number of nitrogens with one attached hydrogen (secondary N) is 1. The summed E-state index contributed by atoms with van der Waals surface area (Å²) in [6.45, 7) is 4.56. The topological polar surface area (TPSA) is 24.9 Å². The molecule has 0 radical (unpaired) electrons. The number of anilines is 1. The molecule has 1 heterocycles. The number of hydrogen-bond donors (Lipinski definition) is 1. The van der Waals surface area contributed by atoms with E-state index in [0.29, 0.717) is 6.54 Å². The lowest BCUT2D eigenvalue weighted by atomic mass is 10.2. The summed E-state index contributed by atoms with van der Waals surface area (Å²) in [7, 11) is 0. The van der Waals surface area contributed by atoms with Crippen molar-refractivity contribution < 1.29 is 4.39 Å². The highest BCUT2D eigenvalue weighted by molar-refractivity contribution is 7.09. The molecule has 0 spiro atoms. The van der Waals surface area contributed by atoms with Crippen LogP contribution in [0.4, 0.5) is 10.1 Å². The van der Waals surface area contributed by atoms with Gasteiger partial charge in [0.2, 0.25) is 0 Å². The molecule has 0 saturated heterocycles. The fourth-order valence-corrected chi connectivity index (χ4v) is 2.07. The van der Waals surface area contributed by atoms with Gasteiger partial charge in [0.25, 0.3) is 0 Å².